The molecule has 0 radical (unpaired) electrons. The van der Waals surface area contributed by atoms with E-state index in [-0.39, 0.29) is 17.6 Å². The third kappa shape index (κ3) is 5.09. The molecule has 0 unspecified atom stereocenters. The highest BCUT2D eigenvalue weighted by atomic mass is 19.1. The molecule has 2 aromatic carbocycles. The number of H-pyrrole nitrogens is 1. The standard InChI is InChI=1S/C23H25FN4O/c24-20-8-6-17(7-9-20)18-3-1-5-21(15-18)27-23(29)19-4-2-13-28(16-19)14-10-22-25-11-12-26-22/h1,3,5-9,11-12,15,19H,2,4,10,13-14,16H2,(H,25,26)(H,27,29)/t19-/m1/s1. The second-order valence-electron chi connectivity index (χ2n) is 7.50. The number of aromatic nitrogens is 2. The van der Waals surface area contributed by atoms with Crippen LogP contribution in [0.5, 0.6) is 0 Å². The molecule has 0 aliphatic carbocycles. The predicted octanol–water partition coefficient (Wildman–Crippen LogP) is 4.11. The van der Waals surface area contributed by atoms with Gasteiger partial charge in [-0.05, 0) is 54.8 Å². The Bertz CT molecular complexity index is 940. The molecule has 3 aromatic rings. The van der Waals surface area contributed by atoms with Crippen molar-refractivity contribution in [1.82, 2.24) is 14.9 Å². The molecule has 0 saturated carbocycles. The van der Waals surface area contributed by atoms with Gasteiger partial charge in [0.1, 0.15) is 11.6 Å². The number of piperidine rings is 1. The van der Waals surface area contributed by atoms with E-state index in [4.69, 9.17) is 0 Å². The van der Waals surface area contributed by atoms with Gasteiger partial charge in [0.25, 0.3) is 0 Å². The van der Waals surface area contributed by atoms with E-state index in [1.165, 1.54) is 12.1 Å². The van der Waals surface area contributed by atoms with Crippen molar-refractivity contribution in [3.05, 3.63) is 72.6 Å². The van der Waals surface area contributed by atoms with Crippen LogP contribution in [-0.4, -0.2) is 40.4 Å². The molecule has 1 saturated heterocycles. The first-order chi connectivity index (χ1) is 14.2. The summed E-state index contributed by atoms with van der Waals surface area (Å²) in [6, 6.07) is 14.1. The minimum Gasteiger partial charge on any atom is -0.349 e. The van der Waals surface area contributed by atoms with Crippen LogP contribution in [0, 0.1) is 11.7 Å². The van der Waals surface area contributed by atoms with E-state index in [9.17, 15) is 9.18 Å². The lowest BCUT2D eigenvalue weighted by Crippen LogP contribution is -2.41. The van der Waals surface area contributed by atoms with Crippen molar-refractivity contribution in [2.75, 3.05) is 25.0 Å². The normalized spacial score (nSPS) is 17.2. The highest BCUT2D eigenvalue weighted by Gasteiger charge is 2.25. The van der Waals surface area contributed by atoms with E-state index in [0.29, 0.717) is 0 Å². The van der Waals surface area contributed by atoms with E-state index < -0.39 is 0 Å². The van der Waals surface area contributed by atoms with Gasteiger partial charge in [-0.1, -0.05) is 24.3 Å². The number of benzene rings is 2. The smallest absolute Gasteiger partial charge is 0.228 e. The maximum absolute atomic E-state index is 13.2. The summed E-state index contributed by atoms with van der Waals surface area (Å²) < 4.78 is 13.2. The van der Waals surface area contributed by atoms with Gasteiger partial charge in [-0.2, -0.15) is 0 Å². The fraction of sp³-hybridized carbons (Fsp3) is 0.304. The molecule has 1 fully saturated rings. The molecular formula is C23H25FN4O. The van der Waals surface area contributed by atoms with Crippen LogP contribution in [0.25, 0.3) is 11.1 Å². The number of nitrogens with zero attached hydrogens (tertiary/aromatic N) is 2. The summed E-state index contributed by atoms with van der Waals surface area (Å²) in [6.07, 6.45) is 6.39. The molecule has 1 atom stereocenters. The Morgan fingerprint density at radius 3 is 2.86 bits per heavy atom. The molecule has 1 amide bonds. The zero-order valence-electron chi connectivity index (χ0n) is 16.3. The lowest BCUT2D eigenvalue weighted by molar-refractivity contribution is -0.121. The van der Waals surface area contributed by atoms with E-state index in [1.807, 2.05) is 30.5 Å². The van der Waals surface area contributed by atoms with Crippen LogP contribution in [0.15, 0.2) is 60.9 Å². The van der Waals surface area contributed by atoms with Crippen molar-refractivity contribution < 1.29 is 9.18 Å². The lowest BCUT2D eigenvalue weighted by atomic mass is 9.96. The van der Waals surface area contributed by atoms with Crippen LogP contribution in [0.1, 0.15) is 18.7 Å². The van der Waals surface area contributed by atoms with Crippen LogP contribution in [0.4, 0.5) is 10.1 Å². The number of halogens is 1. The zero-order chi connectivity index (χ0) is 20.1. The minimum atomic E-state index is -0.257. The Hall–Kier alpha value is -2.99. The molecular weight excluding hydrogens is 367 g/mol. The molecule has 4 rings (SSSR count). The fourth-order valence-corrected chi connectivity index (χ4v) is 3.83. The summed E-state index contributed by atoms with van der Waals surface area (Å²) in [6.45, 7) is 2.69. The highest BCUT2D eigenvalue weighted by Crippen LogP contribution is 2.24. The van der Waals surface area contributed by atoms with Gasteiger partial charge in [-0.15, -0.1) is 0 Å². The summed E-state index contributed by atoms with van der Waals surface area (Å²) in [5.74, 6) is 0.764. The van der Waals surface area contributed by atoms with Gasteiger partial charge in [-0.25, -0.2) is 9.37 Å². The quantitative estimate of drug-likeness (QED) is 0.664. The first kappa shape index (κ1) is 19.3. The average molecular weight is 392 g/mol. The number of amides is 1. The molecule has 6 heteroatoms. The van der Waals surface area contributed by atoms with Crippen molar-refractivity contribution in [3.8, 4) is 11.1 Å². The minimum absolute atomic E-state index is 0.0187. The number of carbonyl (C=O) groups excluding carboxylic acids is 1. The molecule has 1 aliphatic heterocycles. The van der Waals surface area contributed by atoms with Crippen molar-refractivity contribution in [1.29, 1.82) is 0 Å². The summed E-state index contributed by atoms with van der Waals surface area (Å²) >= 11 is 0. The van der Waals surface area contributed by atoms with E-state index in [1.54, 1.807) is 18.3 Å². The Morgan fingerprint density at radius 1 is 1.21 bits per heavy atom. The molecule has 2 N–H and O–H groups in total. The topological polar surface area (TPSA) is 61.0 Å². The van der Waals surface area contributed by atoms with Crippen LogP contribution in [-0.2, 0) is 11.2 Å². The predicted molar refractivity (Wildman–Crippen MR) is 112 cm³/mol. The number of imidazole rings is 1. The number of anilines is 1. The average Bonchev–Trinajstić information content (AvgIpc) is 3.27. The largest absolute Gasteiger partial charge is 0.349 e. The van der Waals surface area contributed by atoms with Gasteiger partial charge in [0.15, 0.2) is 0 Å². The number of aromatic amines is 1. The second-order valence-corrected chi connectivity index (χ2v) is 7.50. The van der Waals surface area contributed by atoms with Crippen LogP contribution >= 0.6 is 0 Å². The van der Waals surface area contributed by atoms with Crippen molar-refractivity contribution in [2.24, 2.45) is 5.92 Å². The summed E-state index contributed by atoms with van der Waals surface area (Å²) in [7, 11) is 0. The third-order valence-corrected chi connectivity index (χ3v) is 5.40. The molecule has 5 nitrogen and oxygen atoms in total. The number of rotatable bonds is 6. The number of hydrogen-bond donors (Lipinski definition) is 2. The summed E-state index contributed by atoms with van der Waals surface area (Å²) in [4.78, 5) is 22.6. The van der Waals surface area contributed by atoms with Crippen molar-refractivity contribution in [3.63, 3.8) is 0 Å². The summed E-state index contributed by atoms with van der Waals surface area (Å²) in [5.41, 5.74) is 2.64. The molecule has 150 valence electrons. The van der Waals surface area contributed by atoms with Gasteiger partial charge in [0.05, 0.1) is 5.92 Å². The molecule has 1 aliphatic rings. The van der Waals surface area contributed by atoms with Gasteiger partial charge >= 0.3 is 0 Å². The van der Waals surface area contributed by atoms with Gasteiger partial charge in [0.2, 0.25) is 5.91 Å². The van der Waals surface area contributed by atoms with E-state index in [0.717, 1.165) is 61.5 Å². The van der Waals surface area contributed by atoms with Gasteiger partial charge < -0.3 is 15.2 Å². The molecule has 1 aromatic heterocycles. The monoisotopic (exact) mass is 392 g/mol. The van der Waals surface area contributed by atoms with E-state index in [2.05, 4.69) is 20.2 Å². The Labute approximate surface area is 170 Å². The number of carbonyl (C=O) groups is 1. The Morgan fingerprint density at radius 2 is 2.07 bits per heavy atom. The third-order valence-electron chi connectivity index (χ3n) is 5.40. The van der Waals surface area contributed by atoms with E-state index >= 15 is 0 Å². The first-order valence-corrected chi connectivity index (χ1v) is 10.0. The Balaban J connectivity index is 1.36. The number of nitrogens with one attached hydrogen (secondary N) is 2. The molecule has 0 spiro atoms. The first-order valence-electron chi connectivity index (χ1n) is 10.0. The van der Waals surface area contributed by atoms with Crippen molar-refractivity contribution in [2.45, 2.75) is 19.3 Å². The maximum atomic E-state index is 13.2. The maximum Gasteiger partial charge on any atom is 0.228 e. The fourth-order valence-electron chi connectivity index (χ4n) is 3.83. The number of hydrogen-bond acceptors (Lipinski definition) is 3. The SMILES string of the molecule is O=C(Nc1cccc(-c2ccc(F)cc2)c1)[C@@H]1CCCN(CCc2ncc[nH]2)C1. The molecule has 0 bridgehead atoms. The highest BCUT2D eigenvalue weighted by molar-refractivity contribution is 5.93. The van der Waals surface area contributed by atoms with Crippen LogP contribution in [0.3, 0.4) is 0 Å². The Kier molecular flexibility index (Phi) is 6.00. The van der Waals surface area contributed by atoms with Crippen LogP contribution in [0.2, 0.25) is 0 Å². The zero-order valence-corrected chi connectivity index (χ0v) is 16.3. The van der Waals surface area contributed by atoms with Crippen molar-refractivity contribution >= 4 is 11.6 Å². The van der Waals surface area contributed by atoms with Gasteiger partial charge in [-0.3, -0.25) is 4.79 Å². The van der Waals surface area contributed by atoms with Gasteiger partial charge in [0, 0.05) is 37.6 Å². The number of likely N-dealkylation sites (tertiary alicyclic amines) is 1. The van der Waals surface area contributed by atoms with Crippen LogP contribution < -0.4 is 5.32 Å². The molecule has 2 heterocycles. The lowest BCUT2D eigenvalue weighted by Gasteiger charge is -2.31. The second kappa shape index (κ2) is 9.01. The summed E-state index contributed by atoms with van der Waals surface area (Å²) in [5, 5.41) is 3.07. The molecule has 29 heavy (non-hydrogen) atoms.